The first-order valence-electron chi connectivity index (χ1n) is 9.64. The van der Waals surface area contributed by atoms with Crippen LogP contribution in [0.5, 0.6) is 0 Å². The smallest absolute Gasteiger partial charge is 0.305 e. The van der Waals surface area contributed by atoms with Crippen molar-refractivity contribution in [2.45, 2.75) is 56.9 Å². The molecule has 0 aliphatic heterocycles. The van der Waals surface area contributed by atoms with Gasteiger partial charge in [0, 0.05) is 21.2 Å². The fourth-order valence-corrected chi connectivity index (χ4v) is 5.44. The maximum Gasteiger partial charge on any atom is 0.305 e. The van der Waals surface area contributed by atoms with Crippen molar-refractivity contribution in [1.82, 2.24) is 4.72 Å². The second-order valence-electron chi connectivity index (χ2n) is 7.33. The lowest BCUT2D eigenvalue weighted by Gasteiger charge is -2.19. The number of esters is 1. The summed E-state index contributed by atoms with van der Waals surface area (Å²) in [5.41, 5.74) is 0. The Labute approximate surface area is 182 Å². The highest BCUT2D eigenvalue weighted by Gasteiger charge is 2.23. The molecule has 1 heterocycles. The van der Waals surface area contributed by atoms with Crippen molar-refractivity contribution in [2.75, 3.05) is 7.11 Å². The zero-order valence-electron chi connectivity index (χ0n) is 17.0. The molecule has 2 aromatic rings. The van der Waals surface area contributed by atoms with Crippen molar-refractivity contribution in [3.63, 3.8) is 0 Å². The number of carbonyl (C=O) groups is 1. The molecule has 2 rings (SSSR count). The normalized spacial score (nSPS) is 12.9. The lowest BCUT2D eigenvalue weighted by atomic mass is 10.0. The van der Waals surface area contributed by atoms with Crippen molar-refractivity contribution in [1.29, 1.82) is 0 Å². The fourth-order valence-electron chi connectivity index (χ4n) is 2.85. The van der Waals surface area contributed by atoms with E-state index in [1.165, 1.54) is 19.2 Å². The van der Waals surface area contributed by atoms with Crippen LogP contribution in [0.15, 0.2) is 41.3 Å². The molecule has 0 aliphatic rings. The summed E-state index contributed by atoms with van der Waals surface area (Å²) < 4.78 is 33.2. The van der Waals surface area contributed by atoms with Gasteiger partial charge in [-0.3, -0.25) is 4.79 Å². The molecule has 29 heavy (non-hydrogen) atoms. The molecule has 1 atom stereocenters. The van der Waals surface area contributed by atoms with Gasteiger partial charge in [-0.15, -0.1) is 11.3 Å². The van der Waals surface area contributed by atoms with Crippen LogP contribution in [0, 0.1) is 5.92 Å². The maximum atomic E-state index is 12.9. The van der Waals surface area contributed by atoms with E-state index in [1.807, 2.05) is 12.1 Å². The Morgan fingerprint density at radius 3 is 2.45 bits per heavy atom. The van der Waals surface area contributed by atoms with Crippen LogP contribution in [0.1, 0.15) is 55.3 Å². The second kappa shape index (κ2) is 11.1. The summed E-state index contributed by atoms with van der Waals surface area (Å²) in [5.74, 6) is 0.254. The van der Waals surface area contributed by atoms with Crippen LogP contribution in [-0.4, -0.2) is 21.5 Å². The van der Waals surface area contributed by atoms with Crippen LogP contribution >= 0.6 is 22.9 Å². The van der Waals surface area contributed by atoms with Crippen molar-refractivity contribution in [3.8, 4) is 0 Å². The summed E-state index contributed by atoms with van der Waals surface area (Å²) in [5, 5.41) is 0.496. The van der Waals surface area contributed by atoms with Gasteiger partial charge in [0.2, 0.25) is 10.0 Å². The number of rotatable bonds is 11. The lowest BCUT2D eigenvalue weighted by Crippen LogP contribution is -2.28. The first kappa shape index (κ1) is 23.9. The fraction of sp³-hybridized carbons (Fsp3) is 0.476. The SMILES string of the molecule is COC(=O)CCCc1ccc(C(CCC(C)C)NS(=O)(=O)c2ccc(Cl)cc2)s1. The third kappa shape index (κ3) is 7.74. The minimum absolute atomic E-state index is 0.200. The number of hydrogen-bond donors (Lipinski definition) is 1. The Bertz CT molecular complexity index is 892. The standard InChI is InChI=1S/C21H28ClNO4S2/c1-15(2)7-13-19(23-29(25,26)18-11-8-16(22)9-12-18)20-14-10-17(28-20)5-4-6-21(24)27-3/h8-12,14-15,19,23H,4-7,13H2,1-3H3. The molecule has 0 fully saturated rings. The van der Waals surface area contributed by atoms with E-state index in [2.05, 4.69) is 23.3 Å². The molecule has 1 N–H and O–H groups in total. The maximum absolute atomic E-state index is 12.9. The van der Waals surface area contributed by atoms with E-state index in [0.717, 1.165) is 22.6 Å². The van der Waals surface area contributed by atoms with Crippen LogP contribution < -0.4 is 4.72 Å². The number of ether oxygens (including phenoxy) is 1. The molecule has 0 spiro atoms. The molecule has 5 nitrogen and oxygen atoms in total. The van der Waals surface area contributed by atoms with Crippen molar-refractivity contribution in [2.24, 2.45) is 5.92 Å². The molecule has 8 heteroatoms. The van der Waals surface area contributed by atoms with Crippen molar-refractivity contribution in [3.05, 3.63) is 51.2 Å². The summed E-state index contributed by atoms with van der Waals surface area (Å²) in [6.07, 6.45) is 3.47. The summed E-state index contributed by atoms with van der Waals surface area (Å²) >= 11 is 7.47. The number of nitrogens with one attached hydrogen (secondary N) is 1. The topological polar surface area (TPSA) is 72.5 Å². The Morgan fingerprint density at radius 2 is 1.83 bits per heavy atom. The molecule has 0 bridgehead atoms. The number of thiophene rings is 1. The molecule has 0 saturated heterocycles. The summed E-state index contributed by atoms with van der Waals surface area (Å²) in [4.78, 5) is 13.6. The van der Waals surface area contributed by atoms with Gasteiger partial charge in [-0.2, -0.15) is 0 Å². The minimum atomic E-state index is -3.66. The lowest BCUT2D eigenvalue weighted by molar-refractivity contribution is -0.140. The first-order chi connectivity index (χ1) is 13.7. The summed E-state index contributed by atoms with van der Waals surface area (Å²) in [6.45, 7) is 4.24. The van der Waals surface area contributed by atoms with Crippen LogP contribution in [-0.2, 0) is 26.0 Å². The summed E-state index contributed by atoms with van der Waals surface area (Å²) in [6, 6.07) is 9.86. The zero-order valence-corrected chi connectivity index (χ0v) is 19.4. The van der Waals surface area contributed by atoms with Crippen molar-refractivity contribution < 1.29 is 17.9 Å². The van der Waals surface area contributed by atoms with Gasteiger partial charge in [0.1, 0.15) is 0 Å². The largest absolute Gasteiger partial charge is 0.469 e. The number of methoxy groups -OCH3 is 1. The Balaban J connectivity index is 2.13. The molecule has 1 aromatic carbocycles. The number of sulfonamides is 1. The molecule has 0 amide bonds. The zero-order chi connectivity index (χ0) is 21.4. The van der Waals surface area contributed by atoms with Crippen LogP contribution in [0.25, 0.3) is 0 Å². The molecule has 0 aliphatic carbocycles. The molecule has 160 valence electrons. The van der Waals surface area contributed by atoms with Crippen LogP contribution in [0.4, 0.5) is 0 Å². The predicted octanol–water partition coefficient (Wildman–Crippen LogP) is 5.35. The highest BCUT2D eigenvalue weighted by atomic mass is 35.5. The van der Waals surface area contributed by atoms with Crippen molar-refractivity contribution >= 4 is 38.9 Å². The molecular weight excluding hydrogens is 430 g/mol. The monoisotopic (exact) mass is 457 g/mol. The van der Waals surface area contributed by atoms with Gasteiger partial charge in [-0.25, -0.2) is 13.1 Å². The average molecular weight is 458 g/mol. The highest BCUT2D eigenvalue weighted by molar-refractivity contribution is 7.89. The van der Waals surface area contributed by atoms with E-state index in [1.54, 1.807) is 23.5 Å². The van der Waals surface area contributed by atoms with E-state index >= 15 is 0 Å². The Morgan fingerprint density at radius 1 is 1.14 bits per heavy atom. The van der Waals surface area contributed by atoms with E-state index in [4.69, 9.17) is 11.6 Å². The molecule has 0 saturated carbocycles. The minimum Gasteiger partial charge on any atom is -0.469 e. The van der Waals surface area contributed by atoms with Crippen LogP contribution in [0.2, 0.25) is 5.02 Å². The van der Waals surface area contributed by atoms with Gasteiger partial charge < -0.3 is 4.74 Å². The van der Waals surface area contributed by atoms with E-state index < -0.39 is 10.0 Å². The highest BCUT2D eigenvalue weighted by Crippen LogP contribution is 2.30. The van der Waals surface area contributed by atoms with E-state index in [0.29, 0.717) is 30.2 Å². The summed E-state index contributed by atoms with van der Waals surface area (Å²) in [7, 11) is -2.27. The first-order valence-corrected chi connectivity index (χ1v) is 12.3. The predicted molar refractivity (Wildman–Crippen MR) is 118 cm³/mol. The third-order valence-electron chi connectivity index (χ3n) is 4.51. The van der Waals surface area contributed by atoms with Gasteiger partial charge >= 0.3 is 5.97 Å². The van der Waals surface area contributed by atoms with Gasteiger partial charge in [-0.1, -0.05) is 25.4 Å². The van der Waals surface area contributed by atoms with Crippen LogP contribution in [0.3, 0.4) is 0 Å². The Kier molecular flexibility index (Phi) is 9.14. The van der Waals surface area contributed by atoms with E-state index in [-0.39, 0.29) is 16.9 Å². The number of aryl methyl sites for hydroxylation is 1. The van der Waals surface area contributed by atoms with E-state index in [9.17, 15) is 13.2 Å². The average Bonchev–Trinajstić information content (AvgIpc) is 3.14. The quantitative estimate of drug-likeness (QED) is 0.461. The Hall–Kier alpha value is -1.41. The molecule has 1 unspecified atom stereocenters. The van der Waals surface area contributed by atoms with Gasteiger partial charge in [0.25, 0.3) is 0 Å². The molecule has 0 radical (unpaired) electrons. The molecular formula is C21H28ClNO4S2. The molecule has 1 aromatic heterocycles. The van der Waals surface area contributed by atoms with Gasteiger partial charge in [0.15, 0.2) is 0 Å². The number of benzene rings is 1. The van der Waals surface area contributed by atoms with Gasteiger partial charge in [-0.05, 0) is 68.0 Å². The number of hydrogen-bond acceptors (Lipinski definition) is 5. The second-order valence-corrected chi connectivity index (χ2v) is 10.7. The number of carbonyl (C=O) groups excluding carboxylic acids is 1. The van der Waals surface area contributed by atoms with Gasteiger partial charge in [0.05, 0.1) is 18.0 Å². The third-order valence-corrected chi connectivity index (χ3v) is 7.51. The number of halogens is 1.